The molecule has 1 aliphatic heterocycles. The number of aromatic nitrogens is 1. The van der Waals surface area contributed by atoms with E-state index in [1.54, 1.807) is 24.3 Å². The number of para-hydroxylation sites is 2. The van der Waals surface area contributed by atoms with Crippen LogP contribution in [-0.2, 0) is 0 Å². The van der Waals surface area contributed by atoms with Crippen molar-refractivity contribution in [3.05, 3.63) is 60.2 Å². The number of pyridine rings is 1. The van der Waals surface area contributed by atoms with Gasteiger partial charge >= 0.3 is 5.97 Å². The minimum Gasteiger partial charge on any atom is -0.486 e. The summed E-state index contributed by atoms with van der Waals surface area (Å²) in [4.78, 5) is 16.0. The maximum absolute atomic E-state index is 11.4. The first kappa shape index (κ1) is 17.7. The zero-order valence-corrected chi connectivity index (χ0v) is 15.1. The third-order valence-corrected chi connectivity index (χ3v) is 4.32. The second kappa shape index (κ2) is 7.48. The number of nitrogens with zero attached hydrogens (tertiary/aromatic N) is 1. The zero-order valence-electron chi connectivity index (χ0n) is 15.1. The fourth-order valence-electron chi connectivity index (χ4n) is 3.04. The molecule has 0 aliphatic carbocycles. The van der Waals surface area contributed by atoms with E-state index >= 15 is 0 Å². The van der Waals surface area contributed by atoms with Gasteiger partial charge in [-0.25, -0.2) is 9.78 Å². The second-order valence-electron chi connectivity index (χ2n) is 6.06. The molecule has 0 spiro atoms. The smallest absolute Gasteiger partial charge is 0.337 e. The van der Waals surface area contributed by atoms with Crippen LogP contribution in [0.25, 0.3) is 11.3 Å². The Labute approximate surface area is 161 Å². The molecule has 0 fully saturated rings. The molecule has 7 heteroatoms. The summed E-state index contributed by atoms with van der Waals surface area (Å²) in [5.74, 6) is 0.661. The van der Waals surface area contributed by atoms with Crippen molar-refractivity contribution in [3.8, 4) is 28.6 Å². The zero-order chi connectivity index (χ0) is 19.5. The van der Waals surface area contributed by atoms with Gasteiger partial charge in [-0.1, -0.05) is 18.2 Å². The normalized spacial score (nSPS) is 12.3. The predicted octanol–water partition coefficient (Wildman–Crippen LogP) is 3.97. The van der Waals surface area contributed by atoms with E-state index in [1.165, 1.54) is 13.2 Å². The molecule has 28 heavy (non-hydrogen) atoms. The quantitative estimate of drug-likeness (QED) is 0.694. The van der Waals surface area contributed by atoms with Crippen LogP contribution in [0.3, 0.4) is 0 Å². The lowest BCUT2D eigenvalue weighted by Crippen LogP contribution is -2.16. The number of benzene rings is 2. The monoisotopic (exact) mass is 378 g/mol. The topological polar surface area (TPSA) is 89.9 Å². The Balaban J connectivity index is 1.71. The summed E-state index contributed by atoms with van der Waals surface area (Å²) in [6, 6.07) is 15.9. The van der Waals surface area contributed by atoms with Gasteiger partial charge in [-0.15, -0.1) is 0 Å². The van der Waals surface area contributed by atoms with Crippen LogP contribution in [0.5, 0.6) is 17.4 Å². The van der Waals surface area contributed by atoms with Gasteiger partial charge in [0.2, 0.25) is 5.88 Å². The van der Waals surface area contributed by atoms with E-state index < -0.39 is 5.97 Å². The van der Waals surface area contributed by atoms with Gasteiger partial charge in [0, 0.05) is 5.56 Å². The highest BCUT2D eigenvalue weighted by atomic mass is 16.6. The number of aromatic carboxylic acids is 1. The predicted molar refractivity (Wildman–Crippen MR) is 104 cm³/mol. The molecule has 0 bridgehead atoms. The summed E-state index contributed by atoms with van der Waals surface area (Å²) in [5.41, 5.74) is 2.64. The number of methoxy groups -OCH3 is 1. The Morgan fingerprint density at radius 1 is 1.04 bits per heavy atom. The van der Waals surface area contributed by atoms with E-state index in [1.807, 2.05) is 24.3 Å². The summed E-state index contributed by atoms with van der Waals surface area (Å²) in [7, 11) is 1.51. The van der Waals surface area contributed by atoms with Gasteiger partial charge in [0.05, 0.1) is 24.1 Å². The van der Waals surface area contributed by atoms with Gasteiger partial charge in [-0.2, -0.15) is 0 Å². The molecule has 1 aliphatic rings. The first-order valence-corrected chi connectivity index (χ1v) is 8.70. The second-order valence-corrected chi connectivity index (χ2v) is 6.06. The van der Waals surface area contributed by atoms with Crippen LogP contribution >= 0.6 is 0 Å². The van der Waals surface area contributed by atoms with Crippen molar-refractivity contribution in [2.75, 3.05) is 25.6 Å². The molecule has 1 aromatic heterocycles. The molecule has 3 aromatic rings. The minimum atomic E-state index is -1.01. The molecule has 0 radical (unpaired) electrons. The highest BCUT2D eigenvalue weighted by Crippen LogP contribution is 2.40. The molecule has 142 valence electrons. The number of ether oxygens (including phenoxy) is 3. The Morgan fingerprint density at radius 2 is 1.86 bits per heavy atom. The van der Waals surface area contributed by atoms with E-state index in [9.17, 15) is 9.90 Å². The third kappa shape index (κ3) is 3.29. The molecule has 4 rings (SSSR count). The van der Waals surface area contributed by atoms with Crippen LogP contribution in [0.15, 0.2) is 54.6 Å². The van der Waals surface area contributed by atoms with E-state index in [-0.39, 0.29) is 5.56 Å². The first-order chi connectivity index (χ1) is 13.7. The Morgan fingerprint density at radius 3 is 2.68 bits per heavy atom. The Bertz CT molecular complexity index is 1040. The maximum atomic E-state index is 11.4. The van der Waals surface area contributed by atoms with E-state index in [0.29, 0.717) is 47.7 Å². The highest BCUT2D eigenvalue weighted by Gasteiger charge is 2.19. The molecule has 7 nitrogen and oxygen atoms in total. The molecule has 2 N–H and O–H groups in total. The number of rotatable bonds is 5. The summed E-state index contributed by atoms with van der Waals surface area (Å²) in [6.45, 7) is 0.992. The van der Waals surface area contributed by atoms with Crippen molar-refractivity contribution in [3.63, 3.8) is 0 Å². The van der Waals surface area contributed by atoms with Crippen molar-refractivity contribution in [1.29, 1.82) is 0 Å². The average Bonchev–Trinajstić information content (AvgIpc) is 2.74. The fourth-order valence-corrected chi connectivity index (χ4v) is 3.04. The van der Waals surface area contributed by atoms with Crippen molar-refractivity contribution in [1.82, 2.24) is 4.98 Å². The molecule has 2 aromatic carbocycles. The number of anilines is 2. The molecule has 2 heterocycles. The number of nitrogens with one attached hydrogen (secondary N) is 1. The maximum Gasteiger partial charge on any atom is 0.337 e. The molecule has 0 unspecified atom stereocenters. The van der Waals surface area contributed by atoms with Crippen molar-refractivity contribution in [2.45, 2.75) is 0 Å². The van der Waals surface area contributed by atoms with Crippen molar-refractivity contribution in [2.24, 2.45) is 0 Å². The van der Waals surface area contributed by atoms with Gasteiger partial charge < -0.3 is 24.6 Å². The molecule has 0 amide bonds. The summed E-state index contributed by atoms with van der Waals surface area (Å²) in [6.07, 6.45) is 0. The first-order valence-electron chi connectivity index (χ1n) is 8.70. The number of carboxylic acid groups (broad SMARTS) is 1. The van der Waals surface area contributed by atoms with Crippen molar-refractivity contribution < 1.29 is 24.1 Å². The van der Waals surface area contributed by atoms with Gasteiger partial charge in [-0.3, -0.25) is 0 Å². The molecule has 0 saturated heterocycles. The number of hydrogen-bond acceptors (Lipinski definition) is 6. The van der Waals surface area contributed by atoms with Crippen molar-refractivity contribution >= 4 is 17.3 Å². The lowest BCUT2D eigenvalue weighted by atomic mass is 10.1. The SMILES string of the molecule is COc1nc(-c2cccc3c2OCCO3)ccc1Nc1ccccc1C(=O)O. The lowest BCUT2D eigenvalue weighted by Gasteiger charge is -2.21. The van der Waals surface area contributed by atoms with Crippen LogP contribution in [-0.4, -0.2) is 36.4 Å². The molecular formula is C21H18N2O5. The van der Waals surface area contributed by atoms with Gasteiger partial charge in [0.15, 0.2) is 11.5 Å². The third-order valence-electron chi connectivity index (χ3n) is 4.32. The van der Waals surface area contributed by atoms with Crippen LogP contribution in [0.2, 0.25) is 0 Å². The number of hydrogen-bond donors (Lipinski definition) is 2. The number of carboxylic acids is 1. The van der Waals surface area contributed by atoms with Crippen LogP contribution in [0.1, 0.15) is 10.4 Å². The Kier molecular flexibility index (Phi) is 4.72. The minimum absolute atomic E-state index is 0.163. The van der Waals surface area contributed by atoms with Gasteiger partial charge in [0.1, 0.15) is 18.9 Å². The van der Waals surface area contributed by atoms with E-state index in [0.717, 1.165) is 5.56 Å². The number of carbonyl (C=O) groups is 1. The standard InChI is InChI=1S/C21H18N2O5/c1-26-20-17(22-15-7-3-2-5-14(15)21(24)25)10-9-16(23-20)13-6-4-8-18-19(13)28-12-11-27-18/h2-10,22H,11-12H2,1H3,(H,24,25). The van der Waals surface area contributed by atoms with Gasteiger partial charge in [0.25, 0.3) is 0 Å². The summed E-state index contributed by atoms with van der Waals surface area (Å²) >= 11 is 0. The lowest BCUT2D eigenvalue weighted by molar-refractivity contribution is 0.0698. The molecule has 0 atom stereocenters. The van der Waals surface area contributed by atoms with Crippen LogP contribution in [0.4, 0.5) is 11.4 Å². The van der Waals surface area contributed by atoms with E-state index in [2.05, 4.69) is 10.3 Å². The van der Waals surface area contributed by atoms with Crippen LogP contribution in [0, 0.1) is 0 Å². The average molecular weight is 378 g/mol. The van der Waals surface area contributed by atoms with Gasteiger partial charge in [-0.05, 0) is 36.4 Å². The highest BCUT2D eigenvalue weighted by molar-refractivity contribution is 5.95. The number of fused-ring (bicyclic) bond motifs is 1. The summed E-state index contributed by atoms with van der Waals surface area (Å²) < 4.78 is 16.8. The van der Waals surface area contributed by atoms with Crippen LogP contribution < -0.4 is 19.5 Å². The molecule has 0 saturated carbocycles. The van der Waals surface area contributed by atoms with E-state index in [4.69, 9.17) is 14.2 Å². The molecular weight excluding hydrogens is 360 g/mol. The fraction of sp³-hybridized carbons (Fsp3) is 0.143. The Hall–Kier alpha value is -3.74. The largest absolute Gasteiger partial charge is 0.486 e. The summed E-state index contributed by atoms with van der Waals surface area (Å²) in [5, 5.41) is 12.5.